The van der Waals surface area contributed by atoms with E-state index < -0.39 is 0 Å². The molecule has 5 nitrogen and oxygen atoms in total. The summed E-state index contributed by atoms with van der Waals surface area (Å²) in [4.78, 5) is 23.8. The van der Waals surface area contributed by atoms with E-state index in [2.05, 4.69) is 31.0 Å². The Hall–Kier alpha value is -2.67. The largest absolute Gasteiger partial charge is 0.337 e. The van der Waals surface area contributed by atoms with Gasteiger partial charge in [-0.3, -0.25) is 9.69 Å². The lowest BCUT2D eigenvalue weighted by atomic mass is 10.1. The smallest absolute Gasteiger partial charge is 0.252 e. The predicted octanol–water partition coefficient (Wildman–Crippen LogP) is 6.32. The molecule has 0 bridgehead atoms. The summed E-state index contributed by atoms with van der Waals surface area (Å²) in [5.41, 5.74) is 4.08. The number of aryl methyl sites for hydroxylation is 3. The van der Waals surface area contributed by atoms with Crippen molar-refractivity contribution >= 4 is 62.7 Å². The summed E-state index contributed by atoms with van der Waals surface area (Å²) < 4.78 is 3.12. The number of imidazole rings is 1. The normalized spacial score (nSPS) is 11.1. The lowest BCUT2D eigenvalue weighted by Gasteiger charge is -2.18. The summed E-state index contributed by atoms with van der Waals surface area (Å²) in [5, 5.41) is 1.33. The highest BCUT2D eigenvalue weighted by atomic mass is 35.5. The molecule has 0 aliphatic rings. The minimum Gasteiger partial charge on any atom is -0.337 e. The summed E-state index contributed by atoms with van der Waals surface area (Å²) >= 11 is 7.79. The van der Waals surface area contributed by atoms with Crippen LogP contribution in [0.15, 0.2) is 61.2 Å². The van der Waals surface area contributed by atoms with Gasteiger partial charge >= 0.3 is 0 Å². The van der Waals surface area contributed by atoms with Gasteiger partial charge in [0.05, 0.1) is 16.5 Å². The summed E-state index contributed by atoms with van der Waals surface area (Å²) in [5.74, 6) is -0.112. The van der Waals surface area contributed by atoms with Gasteiger partial charge in [-0.2, -0.15) is 0 Å². The molecule has 32 heavy (non-hydrogen) atoms. The Morgan fingerprint density at radius 1 is 1.25 bits per heavy atom. The molecule has 0 fully saturated rings. The van der Waals surface area contributed by atoms with Gasteiger partial charge in [0, 0.05) is 36.6 Å². The highest BCUT2D eigenvalue weighted by Gasteiger charge is 2.18. The monoisotopic (exact) mass is 486 g/mol. The fraction of sp³-hybridized carbons (Fsp3) is 0.208. The van der Waals surface area contributed by atoms with E-state index in [4.69, 9.17) is 16.6 Å². The van der Waals surface area contributed by atoms with E-state index in [1.165, 1.54) is 11.1 Å². The van der Waals surface area contributed by atoms with Crippen LogP contribution in [0, 0.1) is 13.8 Å². The Morgan fingerprint density at radius 3 is 2.81 bits per heavy atom. The van der Waals surface area contributed by atoms with Gasteiger partial charge in [0.2, 0.25) is 0 Å². The van der Waals surface area contributed by atoms with Crippen LogP contribution < -0.4 is 4.90 Å². The van der Waals surface area contributed by atoms with E-state index in [9.17, 15) is 4.79 Å². The Kier molecular flexibility index (Phi) is 8.07. The van der Waals surface area contributed by atoms with Gasteiger partial charge in [0.15, 0.2) is 5.13 Å². The minimum atomic E-state index is -0.112. The van der Waals surface area contributed by atoms with Crippen molar-refractivity contribution in [3.8, 4) is 0 Å². The molecule has 0 aliphatic heterocycles. The molecule has 8 heteroatoms. The van der Waals surface area contributed by atoms with Gasteiger partial charge in [-0.1, -0.05) is 47.2 Å². The molecule has 0 saturated carbocycles. The third kappa shape index (κ3) is 5.57. The second kappa shape index (κ2) is 10.8. The lowest BCUT2D eigenvalue weighted by molar-refractivity contribution is -0.114. The number of amides is 1. The van der Waals surface area contributed by atoms with Crippen molar-refractivity contribution in [1.82, 2.24) is 14.5 Å². The van der Waals surface area contributed by atoms with Gasteiger partial charge < -0.3 is 4.57 Å². The molecule has 0 unspecified atom stereocenters. The molecule has 1 amide bonds. The van der Waals surface area contributed by atoms with Crippen molar-refractivity contribution in [2.45, 2.75) is 26.8 Å². The number of nitrogens with zero attached hydrogens (tertiary/aromatic N) is 4. The van der Waals surface area contributed by atoms with Gasteiger partial charge in [-0.15, -0.1) is 12.4 Å². The quantitative estimate of drug-likeness (QED) is 0.287. The van der Waals surface area contributed by atoms with E-state index in [0.717, 1.165) is 28.7 Å². The average Bonchev–Trinajstić information content (AvgIpc) is 3.40. The van der Waals surface area contributed by atoms with Crippen LogP contribution in [0.25, 0.3) is 16.3 Å². The molecule has 4 aromatic rings. The number of hydrogen-bond acceptors (Lipinski definition) is 4. The first-order valence-corrected chi connectivity index (χ1v) is 11.3. The second-order valence-corrected chi connectivity index (χ2v) is 8.81. The number of anilines is 1. The van der Waals surface area contributed by atoms with E-state index in [1.807, 2.05) is 35.0 Å². The number of hydrogen-bond donors (Lipinski definition) is 0. The minimum absolute atomic E-state index is 0. The molecular weight excluding hydrogens is 463 g/mol. The van der Waals surface area contributed by atoms with Crippen molar-refractivity contribution in [3.05, 3.63) is 82.9 Å². The number of fused-ring (bicyclic) bond motifs is 1. The maximum atomic E-state index is 13.2. The van der Waals surface area contributed by atoms with Gasteiger partial charge in [0.25, 0.3) is 5.91 Å². The topological polar surface area (TPSA) is 51.0 Å². The number of thiazole rings is 1. The fourth-order valence-corrected chi connectivity index (χ4v) is 4.72. The molecule has 0 N–H and O–H groups in total. The highest BCUT2D eigenvalue weighted by molar-refractivity contribution is 7.22. The van der Waals surface area contributed by atoms with Crippen LogP contribution in [0.3, 0.4) is 0 Å². The van der Waals surface area contributed by atoms with Gasteiger partial charge in [-0.05, 0) is 55.2 Å². The van der Waals surface area contributed by atoms with Crippen LogP contribution in [0.2, 0.25) is 5.02 Å². The molecular formula is C24H24Cl2N4OS. The van der Waals surface area contributed by atoms with E-state index in [0.29, 0.717) is 16.7 Å². The zero-order valence-electron chi connectivity index (χ0n) is 17.9. The third-order valence-corrected chi connectivity index (χ3v) is 6.55. The first-order chi connectivity index (χ1) is 15.0. The molecule has 2 heterocycles. The SMILES string of the molecule is Cc1cc(C)c2sc(N(CCCn3ccnc3)C(=O)/C=C/c3ccccc3Cl)nc2c1.Cl. The van der Waals surface area contributed by atoms with Crippen molar-refractivity contribution in [3.63, 3.8) is 0 Å². The van der Waals surface area contributed by atoms with Crippen LogP contribution in [0.4, 0.5) is 5.13 Å². The molecule has 2 aromatic carbocycles. The molecule has 0 atom stereocenters. The molecule has 0 spiro atoms. The fourth-order valence-electron chi connectivity index (χ4n) is 3.47. The van der Waals surface area contributed by atoms with Crippen LogP contribution >= 0.6 is 35.3 Å². The summed E-state index contributed by atoms with van der Waals surface area (Å²) in [6.07, 6.45) is 9.59. The molecule has 4 rings (SSSR count). The first kappa shape index (κ1) is 24.0. The zero-order chi connectivity index (χ0) is 21.8. The molecule has 2 aromatic heterocycles. The molecule has 0 aliphatic carbocycles. The van der Waals surface area contributed by atoms with E-state index in [-0.39, 0.29) is 18.3 Å². The number of carbonyl (C=O) groups is 1. The first-order valence-electron chi connectivity index (χ1n) is 10.1. The Morgan fingerprint density at radius 2 is 2.06 bits per heavy atom. The number of aromatic nitrogens is 3. The van der Waals surface area contributed by atoms with Crippen LogP contribution in [0.5, 0.6) is 0 Å². The Labute approximate surface area is 202 Å². The maximum absolute atomic E-state index is 13.2. The highest BCUT2D eigenvalue weighted by Crippen LogP contribution is 2.32. The van der Waals surface area contributed by atoms with Crippen LogP contribution in [0.1, 0.15) is 23.1 Å². The third-order valence-electron chi connectivity index (χ3n) is 4.97. The van der Waals surface area contributed by atoms with Crippen LogP contribution in [-0.4, -0.2) is 27.0 Å². The number of benzene rings is 2. The molecule has 0 saturated heterocycles. The van der Waals surface area contributed by atoms with Gasteiger partial charge in [0.1, 0.15) is 0 Å². The zero-order valence-corrected chi connectivity index (χ0v) is 20.3. The molecule has 0 radical (unpaired) electrons. The lowest BCUT2D eigenvalue weighted by Crippen LogP contribution is -2.30. The number of halogens is 2. The van der Waals surface area contributed by atoms with Gasteiger partial charge in [-0.25, -0.2) is 9.97 Å². The van der Waals surface area contributed by atoms with E-state index >= 15 is 0 Å². The molecule has 166 valence electrons. The van der Waals surface area contributed by atoms with E-state index in [1.54, 1.807) is 40.9 Å². The summed E-state index contributed by atoms with van der Waals surface area (Å²) in [7, 11) is 0. The van der Waals surface area contributed by atoms with Crippen molar-refractivity contribution < 1.29 is 4.79 Å². The summed E-state index contributed by atoms with van der Waals surface area (Å²) in [6, 6.07) is 11.7. The van der Waals surface area contributed by atoms with Crippen molar-refractivity contribution in [1.29, 1.82) is 0 Å². The number of carbonyl (C=O) groups excluding carboxylic acids is 1. The maximum Gasteiger partial charge on any atom is 0.252 e. The Bertz CT molecular complexity index is 1230. The predicted molar refractivity (Wildman–Crippen MR) is 136 cm³/mol. The van der Waals surface area contributed by atoms with Crippen molar-refractivity contribution in [2.75, 3.05) is 11.4 Å². The standard InChI is InChI=1S/C24H23ClN4OS.ClH/c1-17-14-18(2)23-21(15-17)27-24(31-23)29(12-5-11-28-13-10-26-16-28)22(30)9-8-19-6-3-4-7-20(19)25;/h3-4,6-10,13-16H,5,11-12H2,1-2H3;1H/b9-8+;. The average molecular weight is 487 g/mol. The Balaban J connectivity index is 0.00000289. The second-order valence-electron chi connectivity index (χ2n) is 7.43. The van der Waals surface area contributed by atoms with Crippen molar-refractivity contribution in [2.24, 2.45) is 0 Å². The van der Waals surface area contributed by atoms with Crippen LogP contribution in [-0.2, 0) is 11.3 Å². The summed E-state index contributed by atoms with van der Waals surface area (Å²) in [6.45, 7) is 5.48. The number of rotatable bonds is 7.